The van der Waals surface area contributed by atoms with Gasteiger partial charge in [-0.3, -0.25) is 14.9 Å². The summed E-state index contributed by atoms with van der Waals surface area (Å²) < 4.78 is 40.7. The van der Waals surface area contributed by atoms with Gasteiger partial charge in [0.25, 0.3) is 10.9 Å². The smallest absolute Gasteiger partial charge is 0.271 e. The van der Waals surface area contributed by atoms with Crippen LogP contribution < -0.4 is 21.5 Å². The van der Waals surface area contributed by atoms with Crippen LogP contribution in [0.25, 0.3) is 0 Å². The first kappa shape index (κ1) is 25.0. The SMILES string of the molecule is C[C@@H](NC(c1ccc(F)cc1)c1ccccc1Nc1c(O)c(=O)c1=O)c1ccc(F)c(F)c1.Cl. The lowest BCUT2D eigenvalue weighted by Gasteiger charge is -2.27. The second-order valence-corrected chi connectivity index (χ2v) is 7.64. The summed E-state index contributed by atoms with van der Waals surface area (Å²) in [6, 6.07) is 15.2. The Labute approximate surface area is 199 Å². The lowest BCUT2D eigenvalue weighted by Crippen LogP contribution is -2.33. The molecule has 0 heterocycles. The molecule has 0 aliphatic rings. The van der Waals surface area contributed by atoms with E-state index < -0.39 is 46.1 Å². The molecular weight excluding hydrogens is 469 g/mol. The van der Waals surface area contributed by atoms with E-state index in [0.717, 1.165) is 12.1 Å². The van der Waals surface area contributed by atoms with E-state index in [2.05, 4.69) is 10.6 Å². The fraction of sp³-hybridized carbons (Fsp3) is 0.120. The molecule has 0 aromatic heterocycles. The van der Waals surface area contributed by atoms with Gasteiger partial charge in [0.15, 0.2) is 17.4 Å². The average Bonchev–Trinajstić information content (AvgIpc) is 2.83. The predicted octanol–water partition coefficient (Wildman–Crippen LogP) is 5.01. The van der Waals surface area contributed by atoms with E-state index >= 15 is 0 Å². The maximum absolute atomic E-state index is 13.8. The first-order valence-electron chi connectivity index (χ1n) is 10.1. The summed E-state index contributed by atoms with van der Waals surface area (Å²) in [4.78, 5) is 23.2. The number of hydrogen-bond acceptors (Lipinski definition) is 5. The number of hydrogen-bond donors (Lipinski definition) is 3. The third-order valence-electron chi connectivity index (χ3n) is 5.48. The van der Waals surface area contributed by atoms with E-state index in [1.165, 1.54) is 18.2 Å². The van der Waals surface area contributed by atoms with Gasteiger partial charge >= 0.3 is 0 Å². The fourth-order valence-electron chi connectivity index (χ4n) is 3.64. The van der Waals surface area contributed by atoms with Gasteiger partial charge < -0.3 is 10.4 Å². The molecule has 4 rings (SSSR count). The molecule has 4 aromatic carbocycles. The number of anilines is 2. The summed E-state index contributed by atoms with van der Waals surface area (Å²) in [6.07, 6.45) is 0. The lowest BCUT2D eigenvalue weighted by molar-refractivity contribution is 0.466. The molecule has 4 aromatic rings. The molecule has 0 radical (unpaired) electrons. The van der Waals surface area contributed by atoms with E-state index in [1.54, 1.807) is 43.3 Å². The summed E-state index contributed by atoms with van der Waals surface area (Å²) in [7, 11) is 0. The number of nitrogens with one attached hydrogen (secondary N) is 2. The van der Waals surface area contributed by atoms with E-state index in [4.69, 9.17) is 0 Å². The average molecular weight is 489 g/mol. The molecule has 176 valence electrons. The standard InChI is InChI=1S/C25H19F3N2O3.ClH/c1-13(15-8-11-18(27)19(28)12-15)29-21(14-6-9-16(26)10-7-14)17-4-2-3-5-20(17)30-22-23(31)25(33)24(22)32;/h2-13,21,29-31H,1H3;1H/t13-,21?;/m1./s1. The van der Waals surface area contributed by atoms with E-state index in [9.17, 15) is 27.9 Å². The fourth-order valence-corrected chi connectivity index (χ4v) is 3.64. The zero-order valence-corrected chi connectivity index (χ0v) is 18.6. The highest BCUT2D eigenvalue weighted by Crippen LogP contribution is 2.33. The molecule has 0 saturated carbocycles. The molecule has 0 fully saturated rings. The molecule has 0 spiro atoms. The first-order chi connectivity index (χ1) is 15.8. The molecule has 0 saturated heterocycles. The van der Waals surface area contributed by atoms with Gasteiger partial charge in [-0.2, -0.15) is 0 Å². The maximum atomic E-state index is 13.8. The maximum Gasteiger partial charge on any atom is 0.271 e. The normalized spacial score (nSPS) is 12.7. The highest BCUT2D eigenvalue weighted by molar-refractivity contribution is 5.85. The van der Waals surface area contributed by atoms with Crippen LogP contribution in [0.5, 0.6) is 5.75 Å². The van der Waals surface area contributed by atoms with Crippen LogP contribution in [0.1, 0.15) is 35.7 Å². The van der Waals surface area contributed by atoms with Crippen molar-refractivity contribution < 1.29 is 18.3 Å². The topological polar surface area (TPSA) is 78.4 Å². The second kappa shape index (κ2) is 10.1. The van der Waals surface area contributed by atoms with Crippen LogP contribution in [0.3, 0.4) is 0 Å². The molecule has 34 heavy (non-hydrogen) atoms. The van der Waals surface area contributed by atoms with Crippen LogP contribution in [0.2, 0.25) is 0 Å². The number of aromatic hydroxyl groups is 1. The summed E-state index contributed by atoms with van der Waals surface area (Å²) in [5.74, 6) is -3.00. The third-order valence-corrected chi connectivity index (χ3v) is 5.48. The Kier molecular flexibility index (Phi) is 7.44. The monoisotopic (exact) mass is 488 g/mol. The van der Waals surface area contributed by atoms with E-state index in [-0.39, 0.29) is 18.1 Å². The molecule has 0 aliphatic carbocycles. The molecular formula is C25H20ClF3N2O3. The molecule has 0 amide bonds. The minimum atomic E-state index is -0.975. The summed E-state index contributed by atoms with van der Waals surface area (Å²) in [5, 5.41) is 15.9. The van der Waals surface area contributed by atoms with Gasteiger partial charge in [0, 0.05) is 11.7 Å². The van der Waals surface area contributed by atoms with Crippen molar-refractivity contribution in [1.29, 1.82) is 0 Å². The predicted molar refractivity (Wildman–Crippen MR) is 126 cm³/mol. The van der Waals surface area contributed by atoms with Gasteiger partial charge in [-0.1, -0.05) is 36.4 Å². The van der Waals surface area contributed by atoms with Crippen molar-refractivity contribution in [3.63, 3.8) is 0 Å². The van der Waals surface area contributed by atoms with Gasteiger partial charge in [-0.25, -0.2) is 13.2 Å². The molecule has 0 aliphatic heterocycles. The molecule has 1 unspecified atom stereocenters. The molecule has 2 atom stereocenters. The van der Waals surface area contributed by atoms with Crippen LogP contribution >= 0.6 is 12.4 Å². The first-order valence-corrected chi connectivity index (χ1v) is 10.1. The van der Waals surface area contributed by atoms with E-state index in [0.29, 0.717) is 22.4 Å². The van der Waals surface area contributed by atoms with Gasteiger partial charge in [-0.15, -0.1) is 12.4 Å². The largest absolute Gasteiger partial charge is 0.502 e. The van der Waals surface area contributed by atoms with Crippen molar-refractivity contribution in [1.82, 2.24) is 5.32 Å². The molecule has 5 nitrogen and oxygen atoms in total. The molecule has 3 N–H and O–H groups in total. The van der Waals surface area contributed by atoms with Crippen LogP contribution in [0, 0.1) is 17.5 Å². The van der Waals surface area contributed by atoms with Crippen LogP contribution in [-0.4, -0.2) is 5.11 Å². The van der Waals surface area contributed by atoms with Crippen molar-refractivity contribution in [3.05, 3.63) is 121 Å². The third kappa shape index (κ3) is 4.83. The van der Waals surface area contributed by atoms with Gasteiger partial charge in [-0.05, 0) is 53.9 Å². The molecule has 9 heteroatoms. The van der Waals surface area contributed by atoms with Gasteiger partial charge in [0.1, 0.15) is 11.5 Å². The zero-order chi connectivity index (χ0) is 23.7. The second-order valence-electron chi connectivity index (χ2n) is 7.64. The summed E-state index contributed by atoms with van der Waals surface area (Å²) in [5.41, 5.74) is 0.198. The van der Waals surface area contributed by atoms with Crippen molar-refractivity contribution in [2.75, 3.05) is 5.32 Å². The quantitative estimate of drug-likeness (QED) is 0.319. The van der Waals surface area contributed by atoms with Crippen molar-refractivity contribution >= 4 is 23.8 Å². The number of halogens is 4. The van der Waals surface area contributed by atoms with Crippen LogP contribution in [0.15, 0.2) is 76.3 Å². The van der Waals surface area contributed by atoms with Crippen molar-refractivity contribution in [3.8, 4) is 5.75 Å². The van der Waals surface area contributed by atoms with Gasteiger partial charge in [0.05, 0.1) is 6.04 Å². The number of rotatable bonds is 7. The van der Waals surface area contributed by atoms with Crippen LogP contribution in [-0.2, 0) is 0 Å². The Morgan fingerprint density at radius 3 is 2.12 bits per heavy atom. The summed E-state index contributed by atoms with van der Waals surface area (Å²) >= 11 is 0. The minimum Gasteiger partial charge on any atom is -0.502 e. The van der Waals surface area contributed by atoms with E-state index in [1.807, 2.05) is 0 Å². The zero-order valence-electron chi connectivity index (χ0n) is 17.8. The Bertz CT molecular complexity index is 1390. The highest BCUT2D eigenvalue weighted by atomic mass is 35.5. The number of benzene rings is 3. The van der Waals surface area contributed by atoms with Crippen molar-refractivity contribution in [2.45, 2.75) is 19.0 Å². The lowest BCUT2D eigenvalue weighted by atomic mass is 9.95. The Morgan fingerprint density at radius 1 is 0.824 bits per heavy atom. The summed E-state index contributed by atoms with van der Waals surface area (Å²) in [6.45, 7) is 1.77. The molecule has 0 bridgehead atoms. The Balaban J connectivity index is 0.00000324. The Hall–Kier alpha value is -3.62. The number of para-hydroxylation sites is 1. The van der Waals surface area contributed by atoms with Gasteiger partial charge in [0.2, 0.25) is 0 Å². The van der Waals surface area contributed by atoms with Crippen molar-refractivity contribution in [2.24, 2.45) is 0 Å². The Morgan fingerprint density at radius 2 is 1.47 bits per heavy atom. The highest BCUT2D eigenvalue weighted by Gasteiger charge is 2.24. The van der Waals surface area contributed by atoms with Crippen LogP contribution in [0.4, 0.5) is 24.5 Å². The minimum absolute atomic E-state index is 0.